The first kappa shape index (κ1) is 29.4. The molecule has 208 valence electrons. The van der Waals surface area contributed by atoms with E-state index in [1.807, 2.05) is 26.8 Å². The van der Waals surface area contributed by atoms with E-state index >= 15 is 0 Å². The third-order valence-electron chi connectivity index (χ3n) is 8.05. The summed E-state index contributed by atoms with van der Waals surface area (Å²) in [6.45, 7) is 14.7. The van der Waals surface area contributed by atoms with E-state index in [1.54, 1.807) is 15.9 Å². The molecule has 3 fully saturated rings. The van der Waals surface area contributed by atoms with Gasteiger partial charge in [0, 0.05) is 25.2 Å². The van der Waals surface area contributed by atoms with Gasteiger partial charge in [0.2, 0.25) is 11.8 Å². The van der Waals surface area contributed by atoms with Gasteiger partial charge in [0.15, 0.2) is 0 Å². The summed E-state index contributed by atoms with van der Waals surface area (Å²) in [7, 11) is 0. The summed E-state index contributed by atoms with van der Waals surface area (Å²) in [5.41, 5.74) is -1.49. The fraction of sp³-hybridized carbons (Fsp3) is 0.759. The molecule has 0 radical (unpaired) electrons. The minimum Gasteiger partial charge on any atom is -0.465 e. The number of amides is 2. The second kappa shape index (κ2) is 12.6. The van der Waals surface area contributed by atoms with Crippen molar-refractivity contribution < 1.29 is 29.0 Å². The first-order valence-electron chi connectivity index (χ1n) is 13.9. The molecular weight excluding hydrogens is 472 g/mol. The van der Waals surface area contributed by atoms with Gasteiger partial charge in [-0.15, -0.1) is 13.2 Å². The Morgan fingerprint density at radius 3 is 2.54 bits per heavy atom. The van der Waals surface area contributed by atoms with Gasteiger partial charge in [-0.2, -0.15) is 0 Å². The van der Waals surface area contributed by atoms with Crippen LogP contribution in [-0.2, 0) is 23.9 Å². The fourth-order valence-corrected chi connectivity index (χ4v) is 6.32. The molecule has 2 amide bonds. The lowest BCUT2D eigenvalue weighted by Gasteiger charge is -2.42. The summed E-state index contributed by atoms with van der Waals surface area (Å²) in [5.74, 6) is -2.11. The van der Waals surface area contributed by atoms with Crippen LogP contribution < -0.4 is 0 Å². The number of hydrogen-bond acceptors (Lipinski definition) is 6. The number of nitrogens with zero attached hydrogens (tertiary/aromatic N) is 2. The third-order valence-corrected chi connectivity index (χ3v) is 8.05. The van der Waals surface area contributed by atoms with Crippen molar-refractivity contribution in [1.82, 2.24) is 9.80 Å². The minimum absolute atomic E-state index is 0.143. The summed E-state index contributed by atoms with van der Waals surface area (Å²) in [4.78, 5) is 44.8. The Balaban J connectivity index is 1.87. The van der Waals surface area contributed by atoms with E-state index in [2.05, 4.69) is 13.2 Å². The molecule has 3 heterocycles. The van der Waals surface area contributed by atoms with E-state index in [0.29, 0.717) is 39.0 Å². The number of hydrogen-bond donors (Lipinski definition) is 1. The average molecular weight is 519 g/mol. The highest BCUT2D eigenvalue weighted by Crippen LogP contribution is 2.59. The molecule has 0 saturated carbocycles. The Kier molecular flexibility index (Phi) is 9.98. The monoisotopic (exact) mass is 518 g/mol. The lowest BCUT2D eigenvalue weighted by molar-refractivity contribution is -0.156. The zero-order chi connectivity index (χ0) is 27.2. The maximum Gasteiger partial charge on any atom is 0.312 e. The molecule has 0 aromatic carbocycles. The number of allylic oxidation sites excluding steroid dienone is 1. The van der Waals surface area contributed by atoms with Crippen LogP contribution in [0.1, 0.15) is 78.6 Å². The van der Waals surface area contributed by atoms with E-state index in [9.17, 15) is 14.4 Å². The largest absolute Gasteiger partial charge is 0.465 e. The molecule has 0 aliphatic carbocycles. The number of aliphatic hydroxyl groups excluding tert-OH is 1. The molecule has 0 aromatic rings. The van der Waals surface area contributed by atoms with Crippen LogP contribution in [0.15, 0.2) is 25.3 Å². The first-order chi connectivity index (χ1) is 17.6. The van der Waals surface area contributed by atoms with Gasteiger partial charge >= 0.3 is 5.97 Å². The predicted octanol–water partition coefficient (Wildman–Crippen LogP) is 3.63. The van der Waals surface area contributed by atoms with Crippen LogP contribution in [0, 0.1) is 11.8 Å². The number of unbranched alkanes of at least 4 members (excludes halogenated alkanes) is 5. The van der Waals surface area contributed by atoms with Gasteiger partial charge in [-0.1, -0.05) is 25.0 Å². The Labute approximate surface area is 222 Å². The molecule has 5 atom stereocenters. The highest BCUT2D eigenvalue weighted by molar-refractivity contribution is 5.98. The van der Waals surface area contributed by atoms with Gasteiger partial charge in [0.1, 0.15) is 11.6 Å². The maximum absolute atomic E-state index is 14.2. The van der Waals surface area contributed by atoms with E-state index in [-0.39, 0.29) is 18.4 Å². The van der Waals surface area contributed by atoms with Crippen LogP contribution in [0.2, 0.25) is 0 Å². The standard InChI is InChI=1S/C29H46N2O6/c1-6-8-9-14-20-36-27(35)22-21-15-16-29(37-21)23(22)25(33)30(18-12-10-11-13-19-32)24(29)26(34)31(17-7-2)28(3,4)5/h6-7,21-24,32H,1-2,8-20H2,3-5H3/t21-,22+,23+,24?,29?/m1/s1. The van der Waals surface area contributed by atoms with Crippen molar-refractivity contribution in [2.75, 3.05) is 26.3 Å². The third kappa shape index (κ3) is 5.95. The average Bonchev–Trinajstić information content (AvgIpc) is 3.48. The molecule has 1 N–H and O–H groups in total. The number of fused-ring (bicyclic) bond motifs is 1. The van der Waals surface area contributed by atoms with Gasteiger partial charge in [-0.3, -0.25) is 14.4 Å². The lowest BCUT2D eigenvalue weighted by Crippen LogP contribution is -2.59. The molecule has 2 unspecified atom stereocenters. The van der Waals surface area contributed by atoms with Crippen LogP contribution in [0.3, 0.4) is 0 Å². The Morgan fingerprint density at radius 1 is 1.16 bits per heavy atom. The summed E-state index contributed by atoms with van der Waals surface area (Å²) in [6, 6.07) is -0.780. The smallest absolute Gasteiger partial charge is 0.312 e. The summed E-state index contributed by atoms with van der Waals surface area (Å²) < 4.78 is 12.1. The number of ether oxygens (including phenoxy) is 2. The molecule has 2 bridgehead atoms. The van der Waals surface area contributed by atoms with Crippen LogP contribution in [0.4, 0.5) is 0 Å². The van der Waals surface area contributed by atoms with Crippen LogP contribution in [0.5, 0.6) is 0 Å². The molecule has 3 aliphatic heterocycles. The normalized spacial score (nSPS) is 28.3. The number of esters is 1. The van der Waals surface area contributed by atoms with Crippen molar-refractivity contribution in [2.45, 2.75) is 102 Å². The Bertz CT molecular complexity index is 852. The molecule has 8 nitrogen and oxygen atoms in total. The SMILES string of the molecule is C=CCCCCOC(=O)[C@@H]1[C@H]2C(=O)N(CCCCCCO)C(C(=O)N(CC=C)C(C)(C)C)C23CC[C@H]1O3. The van der Waals surface area contributed by atoms with Gasteiger partial charge < -0.3 is 24.4 Å². The van der Waals surface area contributed by atoms with Crippen molar-refractivity contribution in [3.63, 3.8) is 0 Å². The second-order valence-corrected chi connectivity index (χ2v) is 11.6. The predicted molar refractivity (Wildman–Crippen MR) is 142 cm³/mol. The maximum atomic E-state index is 14.2. The number of carbonyl (C=O) groups is 3. The molecule has 3 rings (SSSR count). The highest BCUT2D eigenvalue weighted by atomic mass is 16.6. The summed E-state index contributed by atoms with van der Waals surface area (Å²) >= 11 is 0. The minimum atomic E-state index is -1.01. The Hall–Kier alpha value is -2.19. The molecule has 0 aromatic heterocycles. The molecular formula is C29H46N2O6. The van der Waals surface area contributed by atoms with E-state index < -0.39 is 41.1 Å². The van der Waals surface area contributed by atoms with Crippen molar-refractivity contribution >= 4 is 17.8 Å². The molecule has 3 aliphatic rings. The van der Waals surface area contributed by atoms with E-state index in [4.69, 9.17) is 14.6 Å². The summed E-state index contributed by atoms with van der Waals surface area (Å²) in [5, 5.41) is 9.10. The lowest BCUT2D eigenvalue weighted by atomic mass is 9.70. The fourth-order valence-electron chi connectivity index (χ4n) is 6.32. The zero-order valence-electron chi connectivity index (χ0n) is 23.0. The van der Waals surface area contributed by atoms with Crippen molar-refractivity contribution in [3.8, 4) is 0 Å². The van der Waals surface area contributed by atoms with Crippen molar-refractivity contribution in [3.05, 3.63) is 25.3 Å². The number of aliphatic hydroxyl groups is 1. The number of likely N-dealkylation sites (tertiary alicyclic amines) is 1. The van der Waals surface area contributed by atoms with Gasteiger partial charge in [0.05, 0.1) is 24.5 Å². The van der Waals surface area contributed by atoms with Crippen molar-refractivity contribution in [1.29, 1.82) is 0 Å². The van der Waals surface area contributed by atoms with Gasteiger partial charge in [0.25, 0.3) is 0 Å². The van der Waals surface area contributed by atoms with Gasteiger partial charge in [-0.25, -0.2) is 0 Å². The quantitative estimate of drug-likeness (QED) is 0.202. The van der Waals surface area contributed by atoms with E-state index in [1.165, 1.54) is 0 Å². The van der Waals surface area contributed by atoms with Crippen LogP contribution in [-0.4, -0.2) is 82.3 Å². The van der Waals surface area contributed by atoms with E-state index in [0.717, 1.165) is 38.5 Å². The first-order valence-corrected chi connectivity index (χ1v) is 13.9. The van der Waals surface area contributed by atoms with Crippen LogP contribution in [0.25, 0.3) is 0 Å². The topological polar surface area (TPSA) is 96.4 Å². The van der Waals surface area contributed by atoms with Crippen molar-refractivity contribution in [2.24, 2.45) is 11.8 Å². The molecule has 8 heteroatoms. The summed E-state index contributed by atoms with van der Waals surface area (Å²) in [6.07, 6.45) is 9.97. The number of carbonyl (C=O) groups excluding carboxylic acids is 3. The Morgan fingerprint density at radius 2 is 1.89 bits per heavy atom. The second-order valence-electron chi connectivity index (χ2n) is 11.6. The van der Waals surface area contributed by atoms with Crippen LogP contribution >= 0.6 is 0 Å². The molecule has 1 spiro atoms. The number of rotatable bonds is 15. The molecule has 3 saturated heterocycles. The van der Waals surface area contributed by atoms with Gasteiger partial charge in [-0.05, 0) is 65.7 Å². The molecule has 37 heavy (non-hydrogen) atoms. The highest BCUT2D eigenvalue weighted by Gasteiger charge is 2.75. The zero-order valence-corrected chi connectivity index (χ0v) is 23.0.